The fourth-order valence-electron chi connectivity index (χ4n) is 3.23. The Morgan fingerprint density at radius 2 is 2.08 bits per heavy atom. The van der Waals surface area contributed by atoms with Gasteiger partial charge in [0.2, 0.25) is 0 Å². The number of likely N-dealkylation sites (tertiary alicyclic amines) is 1. The third kappa shape index (κ3) is 4.71. The van der Waals surface area contributed by atoms with E-state index < -0.39 is 11.4 Å². The number of methoxy groups -OCH3 is 1. The number of nitrogens with one attached hydrogen (secondary N) is 1. The van der Waals surface area contributed by atoms with Crippen LogP contribution in [0.1, 0.15) is 31.2 Å². The van der Waals surface area contributed by atoms with Crippen molar-refractivity contribution in [2.75, 3.05) is 26.8 Å². The van der Waals surface area contributed by atoms with Gasteiger partial charge >= 0.3 is 12.0 Å². The molecule has 132 valence electrons. The van der Waals surface area contributed by atoms with E-state index in [2.05, 4.69) is 5.32 Å². The third-order valence-corrected chi connectivity index (χ3v) is 4.61. The SMILES string of the molecule is COCCCC1(C(=O)O)CCCN(C(=O)NCc2ccccc2)C1. The summed E-state index contributed by atoms with van der Waals surface area (Å²) in [6.45, 7) is 1.84. The molecule has 1 unspecified atom stereocenters. The third-order valence-electron chi connectivity index (χ3n) is 4.61. The average molecular weight is 334 g/mol. The van der Waals surface area contributed by atoms with Gasteiger partial charge < -0.3 is 20.1 Å². The Bertz CT molecular complexity index is 549. The molecule has 0 saturated carbocycles. The minimum absolute atomic E-state index is 0.198. The molecule has 1 aliphatic heterocycles. The number of amides is 2. The molecular weight excluding hydrogens is 308 g/mol. The molecule has 0 aliphatic carbocycles. The average Bonchev–Trinajstić information content (AvgIpc) is 2.61. The summed E-state index contributed by atoms with van der Waals surface area (Å²) >= 11 is 0. The Morgan fingerprint density at radius 3 is 2.75 bits per heavy atom. The second-order valence-electron chi connectivity index (χ2n) is 6.35. The quantitative estimate of drug-likeness (QED) is 0.751. The summed E-state index contributed by atoms with van der Waals surface area (Å²) in [6, 6.07) is 9.47. The van der Waals surface area contributed by atoms with E-state index in [1.165, 1.54) is 0 Å². The van der Waals surface area contributed by atoms with Crippen LogP contribution < -0.4 is 5.32 Å². The van der Waals surface area contributed by atoms with Crippen LogP contribution in [0.5, 0.6) is 0 Å². The number of nitrogens with zero attached hydrogens (tertiary/aromatic N) is 1. The van der Waals surface area contributed by atoms with Crippen LogP contribution in [0, 0.1) is 5.41 Å². The highest BCUT2D eigenvalue weighted by atomic mass is 16.5. The number of aliphatic carboxylic acids is 1. The van der Waals surface area contributed by atoms with Gasteiger partial charge in [0, 0.05) is 33.4 Å². The summed E-state index contributed by atoms with van der Waals surface area (Å²) in [7, 11) is 1.61. The molecule has 2 amide bonds. The van der Waals surface area contributed by atoms with Crippen molar-refractivity contribution in [1.29, 1.82) is 0 Å². The van der Waals surface area contributed by atoms with E-state index in [1.54, 1.807) is 12.0 Å². The molecule has 0 spiro atoms. The van der Waals surface area contributed by atoms with Crippen molar-refractivity contribution in [3.8, 4) is 0 Å². The number of rotatable bonds is 7. The van der Waals surface area contributed by atoms with E-state index in [-0.39, 0.29) is 12.6 Å². The van der Waals surface area contributed by atoms with E-state index in [1.807, 2.05) is 30.3 Å². The molecule has 1 aliphatic rings. The van der Waals surface area contributed by atoms with E-state index >= 15 is 0 Å². The highest BCUT2D eigenvalue weighted by Gasteiger charge is 2.43. The number of benzene rings is 1. The van der Waals surface area contributed by atoms with Gasteiger partial charge in [-0.1, -0.05) is 30.3 Å². The minimum Gasteiger partial charge on any atom is -0.481 e. The van der Waals surface area contributed by atoms with Gasteiger partial charge in [0.1, 0.15) is 0 Å². The predicted octanol–water partition coefficient (Wildman–Crippen LogP) is 2.49. The van der Waals surface area contributed by atoms with Gasteiger partial charge in [-0.2, -0.15) is 0 Å². The molecule has 0 radical (unpaired) electrons. The largest absolute Gasteiger partial charge is 0.481 e. The molecule has 1 atom stereocenters. The normalized spacial score (nSPS) is 20.6. The van der Waals surface area contributed by atoms with Gasteiger partial charge in [-0.25, -0.2) is 4.79 Å². The molecule has 2 N–H and O–H groups in total. The van der Waals surface area contributed by atoms with Crippen molar-refractivity contribution in [2.45, 2.75) is 32.2 Å². The lowest BCUT2D eigenvalue weighted by atomic mass is 9.76. The Morgan fingerprint density at radius 1 is 1.33 bits per heavy atom. The molecule has 6 nitrogen and oxygen atoms in total. The zero-order valence-corrected chi connectivity index (χ0v) is 14.2. The van der Waals surface area contributed by atoms with E-state index in [0.29, 0.717) is 45.4 Å². The maximum absolute atomic E-state index is 12.4. The lowest BCUT2D eigenvalue weighted by Gasteiger charge is -2.40. The summed E-state index contributed by atoms with van der Waals surface area (Å²) < 4.78 is 5.03. The first-order valence-electron chi connectivity index (χ1n) is 8.36. The van der Waals surface area contributed by atoms with Gasteiger partial charge in [-0.15, -0.1) is 0 Å². The smallest absolute Gasteiger partial charge is 0.317 e. The van der Waals surface area contributed by atoms with E-state index in [9.17, 15) is 14.7 Å². The van der Waals surface area contributed by atoms with Crippen molar-refractivity contribution < 1.29 is 19.4 Å². The number of carboxylic acids is 1. The van der Waals surface area contributed by atoms with Crippen molar-refractivity contribution in [3.63, 3.8) is 0 Å². The Hall–Kier alpha value is -2.08. The Balaban J connectivity index is 1.94. The lowest BCUT2D eigenvalue weighted by molar-refractivity contribution is -0.152. The molecule has 1 aromatic carbocycles. The summed E-state index contributed by atoms with van der Waals surface area (Å²) in [5, 5.41) is 12.6. The summed E-state index contributed by atoms with van der Waals surface area (Å²) in [4.78, 5) is 25.9. The molecule has 24 heavy (non-hydrogen) atoms. The summed E-state index contributed by atoms with van der Waals surface area (Å²) in [6.07, 6.45) is 2.52. The number of ether oxygens (including phenoxy) is 1. The van der Waals surface area contributed by atoms with Crippen LogP contribution in [-0.4, -0.2) is 48.8 Å². The van der Waals surface area contributed by atoms with E-state index in [4.69, 9.17) is 4.74 Å². The van der Waals surface area contributed by atoms with Gasteiger partial charge in [-0.05, 0) is 31.2 Å². The number of hydrogen-bond acceptors (Lipinski definition) is 3. The topological polar surface area (TPSA) is 78.9 Å². The van der Waals surface area contributed by atoms with Gasteiger partial charge in [0.15, 0.2) is 0 Å². The Kier molecular flexibility index (Phi) is 6.61. The number of urea groups is 1. The molecular formula is C18H26N2O4. The van der Waals surface area contributed by atoms with Crippen molar-refractivity contribution in [2.24, 2.45) is 5.41 Å². The molecule has 0 bridgehead atoms. The molecule has 1 saturated heterocycles. The zero-order valence-electron chi connectivity index (χ0n) is 14.2. The molecule has 0 aromatic heterocycles. The molecule has 1 fully saturated rings. The molecule has 1 aromatic rings. The first-order valence-corrected chi connectivity index (χ1v) is 8.36. The Labute approximate surface area is 142 Å². The van der Waals surface area contributed by atoms with Gasteiger partial charge in [0.05, 0.1) is 5.41 Å². The van der Waals surface area contributed by atoms with Crippen molar-refractivity contribution in [1.82, 2.24) is 10.2 Å². The van der Waals surface area contributed by atoms with Crippen LogP contribution in [0.4, 0.5) is 4.79 Å². The van der Waals surface area contributed by atoms with Crippen LogP contribution in [0.3, 0.4) is 0 Å². The maximum atomic E-state index is 12.4. The van der Waals surface area contributed by atoms with E-state index in [0.717, 1.165) is 5.56 Å². The first-order chi connectivity index (χ1) is 11.6. The molecule has 1 heterocycles. The summed E-state index contributed by atoms with van der Waals surface area (Å²) in [5.74, 6) is -0.820. The highest BCUT2D eigenvalue weighted by Crippen LogP contribution is 2.35. The second kappa shape index (κ2) is 8.68. The van der Waals surface area contributed by atoms with Gasteiger partial charge in [-0.3, -0.25) is 4.79 Å². The van der Waals surface area contributed by atoms with Crippen LogP contribution in [0.25, 0.3) is 0 Å². The zero-order chi connectivity index (χ0) is 17.4. The number of piperidine rings is 1. The number of carboxylic acid groups (broad SMARTS) is 1. The first kappa shape index (κ1) is 18.3. The second-order valence-corrected chi connectivity index (χ2v) is 6.35. The lowest BCUT2D eigenvalue weighted by Crippen LogP contribution is -2.52. The standard InChI is InChI=1S/C18H26N2O4/c1-24-12-6-10-18(16(21)22)9-5-11-20(14-18)17(23)19-13-15-7-3-2-4-8-15/h2-4,7-8H,5-6,9-14H2,1H3,(H,19,23)(H,21,22). The minimum atomic E-state index is -0.860. The maximum Gasteiger partial charge on any atom is 0.317 e. The number of carbonyl (C=O) groups excluding carboxylic acids is 1. The van der Waals surface area contributed by atoms with Crippen LogP contribution in [-0.2, 0) is 16.1 Å². The monoisotopic (exact) mass is 334 g/mol. The number of carbonyl (C=O) groups is 2. The molecule has 6 heteroatoms. The van der Waals surface area contributed by atoms with Crippen molar-refractivity contribution >= 4 is 12.0 Å². The van der Waals surface area contributed by atoms with Crippen LogP contribution >= 0.6 is 0 Å². The number of hydrogen-bond donors (Lipinski definition) is 2. The van der Waals surface area contributed by atoms with Crippen LogP contribution in [0.15, 0.2) is 30.3 Å². The molecule has 2 rings (SSSR count). The summed E-state index contributed by atoms with van der Waals surface area (Å²) in [5.41, 5.74) is 0.161. The van der Waals surface area contributed by atoms with Crippen LogP contribution in [0.2, 0.25) is 0 Å². The predicted molar refractivity (Wildman–Crippen MR) is 90.7 cm³/mol. The fraction of sp³-hybridized carbons (Fsp3) is 0.556. The van der Waals surface area contributed by atoms with Gasteiger partial charge in [0.25, 0.3) is 0 Å². The highest BCUT2D eigenvalue weighted by molar-refractivity contribution is 5.78. The fourth-order valence-corrected chi connectivity index (χ4v) is 3.23. The van der Waals surface area contributed by atoms with Crippen molar-refractivity contribution in [3.05, 3.63) is 35.9 Å².